The molecule has 3 atom stereocenters. The third-order valence-electron chi connectivity index (χ3n) is 6.96. The first kappa shape index (κ1) is 22.2. The van der Waals surface area contributed by atoms with Gasteiger partial charge in [0.2, 0.25) is 0 Å². The van der Waals surface area contributed by atoms with Crippen molar-refractivity contribution in [2.45, 2.75) is 37.1 Å². The summed E-state index contributed by atoms with van der Waals surface area (Å²) in [6.45, 7) is 6.61. The molecule has 33 heavy (non-hydrogen) atoms. The highest BCUT2D eigenvalue weighted by atomic mass is 32.2. The van der Waals surface area contributed by atoms with Crippen LogP contribution in [0.1, 0.15) is 36.0 Å². The predicted octanol–water partition coefficient (Wildman–Crippen LogP) is 4.01. The molecule has 2 aliphatic heterocycles. The standard InChI is InChI=1S/C26H31N3O3S/c1-4-33(30,31)20-7-5-6-19(13-20)21-8-9-23(32-16-18-10-11-29(3)15-18)25-24(21)22-12-17(2)14-27-26(22)28-25/h5-9,12-14,18,24-25H,4,10-11,15-16H2,1-3H3,(H,27,28)/t18-,24?,25?/m0/s1. The molecule has 1 N–H and O–H groups in total. The van der Waals surface area contributed by atoms with E-state index in [0.717, 1.165) is 53.4 Å². The Morgan fingerprint density at radius 1 is 1.24 bits per heavy atom. The van der Waals surface area contributed by atoms with Crippen molar-refractivity contribution in [2.24, 2.45) is 5.92 Å². The summed E-state index contributed by atoms with van der Waals surface area (Å²) >= 11 is 0. The second-order valence-electron chi connectivity index (χ2n) is 9.40. The van der Waals surface area contributed by atoms with Gasteiger partial charge in [0.15, 0.2) is 9.84 Å². The first-order chi connectivity index (χ1) is 15.9. The topological polar surface area (TPSA) is 71.5 Å². The van der Waals surface area contributed by atoms with Gasteiger partial charge in [-0.1, -0.05) is 31.2 Å². The highest BCUT2D eigenvalue weighted by Crippen LogP contribution is 2.48. The van der Waals surface area contributed by atoms with Gasteiger partial charge >= 0.3 is 0 Å². The molecule has 5 rings (SSSR count). The van der Waals surface area contributed by atoms with Crippen LogP contribution < -0.4 is 5.32 Å². The van der Waals surface area contributed by atoms with Crippen LogP contribution in [-0.4, -0.2) is 56.8 Å². The molecule has 0 bridgehead atoms. The third kappa shape index (κ3) is 4.20. The van der Waals surface area contributed by atoms with E-state index in [0.29, 0.717) is 17.4 Å². The molecule has 2 aromatic rings. The molecule has 0 saturated carbocycles. The Hall–Kier alpha value is -2.64. The van der Waals surface area contributed by atoms with Crippen LogP contribution in [0.15, 0.2) is 59.3 Å². The number of aryl methyl sites for hydroxylation is 1. The van der Waals surface area contributed by atoms with Gasteiger partial charge in [0.05, 0.1) is 23.3 Å². The summed E-state index contributed by atoms with van der Waals surface area (Å²) in [6.07, 6.45) is 7.17. The molecule has 6 nitrogen and oxygen atoms in total. The van der Waals surface area contributed by atoms with Crippen molar-refractivity contribution in [1.29, 1.82) is 0 Å². The quantitative estimate of drug-likeness (QED) is 0.695. The molecule has 1 fully saturated rings. The maximum atomic E-state index is 12.5. The molecule has 1 saturated heterocycles. The fourth-order valence-electron chi connectivity index (χ4n) is 5.15. The van der Waals surface area contributed by atoms with E-state index in [1.54, 1.807) is 19.1 Å². The normalized spacial score (nSPS) is 24.5. The molecule has 174 valence electrons. The fourth-order valence-corrected chi connectivity index (χ4v) is 6.07. The van der Waals surface area contributed by atoms with Crippen molar-refractivity contribution in [3.8, 4) is 0 Å². The largest absolute Gasteiger partial charge is 0.495 e. The van der Waals surface area contributed by atoms with Crippen molar-refractivity contribution in [2.75, 3.05) is 37.8 Å². The minimum atomic E-state index is -3.28. The highest BCUT2D eigenvalue weighted by molar-refractivity contribution is 7.91. The molecule has 3 aliphatic rings. The Labute approximate surface area is 196 Å². The van der Waals surface area contributed by atoms with Gasteiger partial charge in [-0.05, 0) is 61.8 Å². The summed E-state index contributed by atoms with van der Waals surface area (Å²) in [6, 6.07) is 9.43. The molecule has 1 aromatic heterocycles. The molecule has 0 amide bonds. The third-order valence-corrected chi connectivity index (χ3v) is 8.70. The molecule has 2 unspecified atom stereocenters. The Bertz CT molecular complexity index is 1240. The van der Waals surface area contributed by atoms with Crippen molar-refractivity contribution < 1.29 is 13.2 Å². The molecule has 3 heterocycles. The number of nitrogens with one attached hydrogen (secondary N) is 1. The van der Waals surface area contributed by atoms with Crippen LogP contribution in [0.25, 0.3) is 5.57 Å². The lowest BCUT2D eigenvalue weighted by Crippen LogP contribution is -2.29. The van der Waals surface area contributed by atoms with Gasteiger partial charge in [-0.3, -0.25) is 0 Å². The van der Waals surface area contributed by atoms with Crippen LogP contribution in [0.5, 0.6) is 0 Å². The van der Waals surface area contributed by atoms with Gasteiger partial charge in [-0.15, -0.1) is 0 Å². The summed E-state index contributed by atoms with van der Waals surface area (Å²) in [5, 5.41) is 3.58. The second kappa shape index (κ2) is 8.61. The minimum absolute atomic E-state index is 0.0123. The average molecular weight is 466 g/mol. The van der Waals surface area contributed by atoms with Crippen LogP contribution in [0.4, 0.5) is 5.82 Å². The lowest BCUT2D eigenvalue weighted by Gasteiger charge is -2.29. The minimum Gasteiger partial charge on any atom is -0.495 e. The zero-order valence-electron chi connectivity index (χ0n) is 19.4. The van der Waals surface area contributed by atoms with Crippen LogP contribution in [-0.2, 0) is 14.6 Å². The maximum Gasteiger partial charge on any atom is 0.178 e. The number of sulfone groups is 1. The van der Waals surface area contributed by atoms with Gasteiger partial charge in [0.25, 0.3) is 0 Å². The van der Waals surface area contributed by atoms with Gasteiger partial charge in [0, 0.05) is 30.1 Å². The summed E-state index contributed by atoms with van der Waals surface area (Å²) in [5.41, 5.74) is 4.23. The van der Waals surface area contributed by atoms with Crippen LogP contribution in [0.2, 0.25) is 0 Å². The molecule has 1 aromatic carbocycles. The lowest BCUT2D eigenvalue weighted by molar-refractivity contribution is 0.154. The summed E-state index contributed by atoms with van der Waals surface area (Å²) in [7, 11) is -1.13. The van der Waals surface area contributed by atoms with Crippen molar-refractivity contribution in [3.05, 3.63) is 71.1 Å². The summed E-state index contributed by atoms with van der Waals surface area (Å²) in [5.74, 6) is 2.43. The van der Waals surface area contributed by atoms with E-state index in [-0.39, 0.29) is 17.7 Å². The van der Waals surface area contributed by atoms with Crippen molar-refractivity contribution >= 4 is 21.2 Å². The zero-order chi connectivity index (χ0) is 23.2. The number of hydrogen-bond acceptors (Lipinski definition) is 6. The number of fused-ring (bicyclic) bond motifs is 3. The number of nitrogens with zero attached hydrogens (tertiary/aromatic N) is 2. The van der Waals surface area contributed by atoms with Crippen molar-refractivity contribution in [3.63, 3.8) is 0 Å². The summed E-state index contributed by atoms with van der Waals surface area (Å²) < 4.78 is 31.4. The number of pyridine rings is 1. The average Bonchev–Trinajstić information content (AvgIpc) is 3.41. The van der Waals surface area contributed by atoms with E-state index >= 15 is 0 Å². The monoisotopic (exact) mass is 465 g/mol. The Morgan fingerprint density at radius 3 is 2.85 bits per heavy atom. The number of likely N-dealkylation sites (tertiary alicyclic amines) is 1. The number of hydrogen-bond donors (Lipinski definition) is 1. The highest BCUT2D eigenvalue weighted by Gasteiger charge is 2.41. The van der Waals surface area contributed by atoms with Gasteiger partial charge in [0.1, 0.15) is 11.6 Å². The van der Waals surface area contributed by atoms with Gasteiger partial charge < -0.3 is 15.0 Å². The number of ether oxygens (including phenoxy) is 1. The Balaban J connectivity index is 1.52. The zero-order valence-corrected chi connectivity index (χ0v) is 20.2. The number of anilines is 1. The van der Waals surface area contributed by atoms with E-state index in [2.05, 4.69) is 34.4 Å². The van der Waals surface area contributed by atoms with Crippen molar-refractivity contribution in [1.82, 2.24) is 9.88 Å². The van der Waals surface area contributed by atoms with Gasteiger partial charge in [-0.25, -0.2) is 13.4 Å². The number of allylic oxidation sites excluding steroid dienone is 2. The maximum absolute atomic E-state index is 12.5. The van der Waals surface area contributed by atoms with Crippen LogP contribution in [0.3, 0.4) is 0 Å². The molecule has 0 radical (unpaired) electrons. The smallest absolute Gasteiger partial charge is 0.178 e. The van der Waals surface area contributed by atoms with E-state index < -0.39 is 9.84 Å². The number of benzene rings is 1. The lowest BCUT2D eigenvalue weighted by atomic mass is 9.80. The molecular formula is C26H31N3O3S. The Morgan fingerprint density at radius 2 is 2.09 bits per heavy atom. The number of rotatable bonds is 6. The first-order valence-corrected chi connectivity index (χ1v) is 13.3. The molecule has 7 heteroatoms. The molecule has 0 spiro atoms. The van der Waals surface area contributed by atoms with Crippen LogP contribution in [0, 0.1) is 12.8 Å². The van der Waals surface area contributed by atoms with E-state index in [9.17, 15) is 8.42 Å². The Kier molecular flexibility index (Phi) is 5.79. The van der Waals surface area contributed by atoms with E-state index in [1.165, 1.54) is 0 Å². The SMILES string of the molecule is CCS(=O)(=O)c1cccc(C2=CC=C(OC[C@H]3CCN(C)C3)C3Nc4ncc(C)cc4C23)c1. The number of aromatic nitrogens is 1. The summed E-state index contributed by atoms with van der Waals surface area (Å²) in [4.78, 5) is 7.35. The van der Waals surface area contributed by atoms with E-state index in [4.69, 9.17) is 4.74 Å². The first-order valence-electron chi connectivity index (χ1n) is 11.6. The predicted molar refractivity (Wildman–Crippen MR) is 131 cm³/mol. The van der Waals surface area contributed by atoms with Gasteiger partial charge in [-0.2, -0.15) is 0 Å². The fraction of sp³-hybridized carbons (Fsp3) is 0.423. The second-order valence-corrected chi connectivity index (χ2v) is 11.7. The molecule has 1 aliphatic carbocycles. The van der Waals surface area contributed by atoms with Crippen LogP contribution >= 0.6 is 0 Å². The molecular weight excluding hydrogens is 434 g/mol. The van der Waals surface area contributed by atoms with E-state index in [1.807, 2.05) is 31.3 Å².